The molecule has 6 nitrogen and oxygen atoms in total. The minimum Gasteiger partial charge on any atom is -0.368 e. The minimum absolute atomic E-state index is 0.0342. The Hall–Kier alpha value is -1.92. The van der Waals surface area contributed by atoms with Crippen molar-refractivity contribution < 1.29 is 9.53 Å². The summed E-state index contributed by atoms with van der Waals surface area (Å²) in [6.07, 6.45) is 3.30. The molecule has 7 heteroatoms. The number of hydrogen-bond acceptors (Lipinski definition) is 5. The molecule has 2 aliphatic heterocycles. The van der Waals surface area contributed by atoms with Crippen LogP contribution in [0.15, 0.2) is 18.2 Å². The van der Waals surface area contributed by atoms with Gasteiger partial charge in [-0.25, -0.2) is 4.98 Å². The van der Waals surface area contributed by atoms with Gasteiger partial charge in [-0.3, -0.25) is 4.79 Å². The van der Waals surface area contributed by atoms with E-state index in [9.17, 15) is 4.79 Å². The monoisotopic (exact) mass is 374 g/mol. The zero-order chi connectivity index (χ0) is 18.1. The number of amides is 1. The van der Waals surface area contributed by atoms with E-state index in [0.717, 1.165) is 61.1 Å². The molecule has 1 N–H and O–H groups in total. The Morgan fingerprint density at radius 2 is 2.08 bits per heavy atom. The third kappa shape index (κ3) is 3.62. The van der Waals surface area contributed by atoms with E-state index >= 15 is 0 Å². The van der Waals surface area contributed by atoms with Crippen LogP contribution in [0.3, 0.4) is 0 Å². The average molecular weight is 375 g/mol. The number of nitrogens with zero attached hydrogens (tertiary/aromatic N) is 3. The number of benzene rings is 1. The number of fused-ring (bicyclic) bond motifs is 1. The zero-order valence-corrected chi connectivity index (χ0v) is 15.6. The maximum Gasteiger partial charge on any atom is 0.249 e. The van der Waals surface area contributed by atoms with Gasteiger partial charge in [0, 0.05) is 31.1 Å². The summed E-state index contributed by atoms with van der Waals surface area (Å²) in [6, 6.07) is 6.34. The fourth-order valence-electron chi connectivity index (χ4n) is 3.75. The maximum atomic E-state index is 12.2. The summed E-state index contributed by atoms with van der Waals surface area (Å²) in [5.74, 6) is 0.913. The molecule has 0 bridgehead atoms. The van der Waals surface area contributed by atoms with E-state index in [1.807, 2.05) is 13.0 Å². The summed E-state index contributed by atoms with van der Waals surface area (Å²) in [4.78, 5) is 23.3. The van der Waals surface area contributed by atoms with Crippen molar-refractivity contribution in [1.29, 1.82) is 0 Å². The van der Waals surface area contributed by atoms with E-state index in [2.05, 4.69) is 32.3 Å². The number of aromatic nitrogens is 2. The number of aryl methyl sites for hydroxylation is 1. The van der Waals surface area contributed by atoms with Gasteiger partial charge in [0.25, 0.3) is 0 Å². The Morgan fingerprint density at radius 1 is 1.27 bits per heavy atom. The van der Waals surface area contributed by atoms with Crippen molar-refractivity contribution in [2.45, 2.75) is 44.8 Å². The van der Waals surface area contributed by atoms with Crippen LogP contribution in [-0.4, -0.2) is 47.7 Å². The lowest BCUT2D eigenvalue weighted by Crippen LogP contribution is -2.47. The van der Waals surface area contributed by atoms with Crippen LogP contribution in [0.5, 0.6) is 0 Å². The molecule has 26 heavy (non-hydrogen) atoms. The largest absolute Gasteiger partial charge is 0.368 e. The molecule has 0 unspecified atom stereocenters. The van der Waals surface area contributed by atoms with Crippen LogP contribution in [-0.2, 0) is 9.53 Å². The predicted molar refractivity (Wildman–Crippen MR) is 102 cm³/mol. The first-order valence-electron chi connectivity index (χ1n) is 9.21. The Balaban J connectivity index is 1.45. The first-order valence-corrected chi connectivity index (χ1v) is 9.59. The zero-order valence-electron chi connectivity index (χ0n) is 14.9. The molecule has 2 saturated heterocycles. The lowest BCUT2D eigenvalue weighted by Gasteiger charge is -2.34. The van der Waals surface area contributed by atoms with Crippen LogP contribution in [0.1, 0.15) is 31.2 Å². The van der Waals surface area contributed by atoms with Crippen molar-refractivity contribution in [2.24, 2.45) is 0 Å². The van der Waals surface area contributed by atoms with E-state index in [0.29, 0.717) is 6.61 Å². The summed E-state index contributed by atoms with van der Waals surface area (Å²) < 4.78 is 5.46. The van der Waals surface area contributed by atoms with Crippen molar-refractivity contribution in [3.63, 3.8) is 0 Å². The lowest BCUT2D eigenvalue weighted by atomic mass is 10.0. The fourth-order valence-corrected chi connectivity index (χ4v) is 3.92. The molecule has 3 heterocycles. The molecule has 0 aliphatic carbocycles. The number of carbonyl (C=O) groups excluding carboxylic acids is 1. The highest BCUT2D eigenvalue weighted by molar-refractivity contribution is 6.28. The number of carbonyl (C=O) groups is 1. The Bertz CT molecular complexity index is 809. The van der Waals surface area contributed by atoms with Gasteiger partial charge in [0.15, 0.2) is 0 Å². The van der Waals surface area contributed by atoms with Gasteiger partial charge in [0.1, 0.15) is 11.9 Å². The Labute approximate surface area is 157 Å². The molecular weight excluding hydrogens is 352 g/mol. The molecule has 1 aromatic carbocycles. The maximum absolute atomic E-state index is 12.2. The van der Waals surface area contributed by atoms with Crippen LogP contribution in [0.2, 0.25) is 5.28 Å². The van der Waals surface area contributed by atoms with E-state index < -0.39 is 0 Å². The van der Waals surface area contributed by atoms with Gasteiger partial charge in [-0.15, -0.1) is 0 Å². The van der Waals surface area contributed by atoms with Crippen molar-refractivity contribution in [1.82, 2.24) is 15.3 Å². The fraction of sp³-hybridized carbons (Fsp3) is 0.526. The Kier molecular flexibility index (Phi) is 4.96. The Morgan fingerprint density at radius 3 is 2.81 bits per heavy atom. The summed E-state index contributed by atoms with van der Waals surface area (Å²) in [6.45, 7) is 4.38. The lowest BCUT2D eigenvalue weighted by molar-refractivity contribution is -0.130. The molecule has 1 aromatic heterocycles. The second-order valence-electron chi connectivity index (χ2n) is 7.11. The number of hydrogen-bond donors (Lipinski definition) is 1. The van der Waals surface area contributed by atoms with E-state index in [4.69, 9.17) is 16.3 Å². The second kappa shape index (κ2) is 7.37. The third-order valence-corrected chi connectivity index (χ3v) is 5.34. The minimum atomic E-state index is -0.263. The summed E-state index contributed by atoms with van der Waals surface area (Å²) in [7, 11) is 0. The smallest absolute Gasteiger partial charge is 0.249 e. The molecule has 138 valence electrons. The highest BCUT2D eigenvalue weighted by Gasteiger charge is 2.28. The number of anilines is 1. The van der Waals surface area contributed by atoms with Crippen molar-refractivity contribution in [3.05, 3.63) is 29.0 Å². The molecule has 2 fully saturated rings. The van der Waals surface area contributed by atoms with E-state index in [1.54, 1.807) is 0 Å². The SMILES string of the molecule is Cc1ccc2c(N3CCC(NC(=O)[C@H]4CCCO4)CC3)nc(Cl)nc2c1. The highest BCUT2D eigenvalue weighted by Crippen LogP contribution is 2.28. The standard InChI is InChI=1S/C19H23ClN4O2/c1-12-4-5-14-15(11-12)22-19(20)23-17(14)24-8-6-13(7-9-24)21-18(25)16-3-2-10-26-16/h4-5,11,13,16H,2-3,6-10H2,1H3,(H,21,25)/t16-/m1/s1. The van der Waals surface area contributed by atoms with Crippen LogP contribution in [0, 0.1) is 6.92 Å². The normalized spacial score (nSPS) is 21.3. The van der Waals surface area contributed by atoms with Gasteiger partial charge >= 0.3 is 0 Å². The number of nitrogens with one attached hydrogen (secondary N) is 1. The molecule has 1 atom stereocenters. The van der Waals surface area contributed by atoms with Crippen LogP contribution in [0.25, 0.3) is 10.9 Å². The highest BCUT2D eigenvalue weighted by atomic mass is 35.5. The number of rotatable bonds is 3. The summed E-state index contributed by atoms with van der Waals surface area (Å²) >= 11 is 6.15. The molecule has 1 amide bonds. The first kappa shape index (κ1) is 17.5. The molecule has 0 saturated carbocycles. The predicted octanol–water partition coefficient (Wildman–Crippen LogP) is 2.86. The second-order valence-corrected chi connectivity index (χ2v) is 7.45. The van der Waals surface area contributed by atoms with Gasteiger partial charge < -0.3 is 15.0 Å². The van der Waals surface area contributed by atoms with Crippen molar-refractivity contribution >= 4 is 34.2 Å². The first-order chi connectivity index (χ1) is 12.6. The number of halogens is 1. The van der Waals surface area contributed by atoms with Crippen LogP contribution < -0.4 is 10.2 Å². The molecule has 0 spiro atoms. The molecule has 4 rings (SSSR count). The molecular formula is C19H23ClN4O2. The number of piperidine rings is 1. The van der Waals surface area contributed by atoms with Crippen LogP contribution >= 0.6 is 11.6 Å². The number of ether oxygens (including phenoxy) is 1. The topological polar surface area (TPSA) is 67.4 Å². The third-order valence-electron chi connectivity index (χ3n) is 5.17. The van der Waals surface area contributed by atoms with Gasteiger partial charge in [0.05, 0.1) is 5.52 Å². The van der Waals surface area contributed by atoms with Crippen molar-refractivity contribution in [3.8, 4) is 0 Å². The summed E-state index contributed by atoms with van der Waals surface area (Å²) in [5.41, 5.74) is 2.02. The van der Waals surface area contributed by atoms with Gasteiger partial charge in [-0.2, -0.15) is 4.98 Å². The van der Waals surface area contributed by atoms with Crippen LogP contribution in [0.4, 0.5) is 5.82 Å². The van der Waals surface area contributed by atoms with E-state index in [-0.39, 0.29) is 23.3 Å². The quantitative estimate of drug-likeness (QED) is 0.837. The van der Waals surface area contributed by atoms with Crippen molar-refractivity contribution in [2.75, 3.05) is 24.6 Å². The van der Waals surface area contributed by atoms with Gasteiger partial charge in [0.2, 0.25) is 11.2 Å². The average Bonchev–Trinajstić information content (AvgIpc) is 3.16. The molecule has 2 aromatic rings. The van der Waals surface area contributed by atoms with E-state index in [1.165, 1.54) is 0 Å². The van der Waals surface area contributed by atoms with Gasteiger partial charge in [-0.1, -0.05) is 6.07 Å². The molecule has 0 radical (unpaired) electrons. The summed E-state index contributed by atoms with van der Waals surface area (Å²) in [5, 5.41) is 4.43. The molecule has 2 aliphatic rings. The van der Waals surface area contributed by atoms with Gasteiger partial charge in [-0.05, 0) is 61.9 Å².